The zero-order valence-electron chi connectivity index (χ0n) is 34.2. The van der Waals surface area contributed by atoms with Crippen LogP contribution in [0.2, 0.25) is 0 Å². The van der Waals surface area contributed by atoms with Gasteiger partial charge < -0.3 is 4.57 Å². The van der Waals surface area contributed by atoms with Crippen LogP contribution in [0.3, 0.4) is 0 Å². The van der Waals surface area contributed by atoms with E-state index in [0.29, 0.717) is 34.3 Å². The number of hydrogen-bond acceptors (Lipinski definition) is 3. The molecule has 0 radical (unpaired) electrons. The van der Waals surface area contributed by atoms with Crippen LogP contribution in [0.5, 0.6) is 0 Å². The summed E-state index contributed by atoms with van der Waals surface area (Å²) < 4.78 is 33.5. The van der Waals surface area contributed by atoms with E-state index in [1.165, 1.54) is 40.5 Å². The third-order valence-electron chi connectivity index (χ3n) is 11.3. The van der Waals surface area contributed by atoms with Crippen molar-refractivity contribution in [2.75, 3.05) is 0 Å². The number of nitrogens with zero attached hydrogens (tertiary/aromatic N) is 4. The lowest BCUT2D eigenvalue weighted by Crippen LogP contribution is -2.04. The molecule has 6 heteroatoms. The summed E-state index contributed by atoms with van der Waals surface area (Å²) in [7, 11) is 0. The molecule has 0 aliphatic rings. The number of aromatic nitrogens is 4. The Morgan fingerprint density at radius 1 is 0.361 bits per heavy atom. The van der Waals surface area contributed by atoms with Gasteiger partial charge in [-0.05, 0) is 104 Å². The molecule has 4 nitrogen and oxygen atoms in total. The fourth-order valence-electron chi connectivity index (χ4n) is 8.69. The van der Waals surface area contributed by atoms with Crippen molar-refractivity contribution < 1.29 is 8.78 Å². The molecule has 0 fully saturated rings. The van der Waals surface area contributed by atoms with Crippen molar-refractivity contribution in [1.29, 1.82) is 0 Å². The van der Waals surface area contributed by atoms with E-state index in [0.717, 1.165) is 55.2 Å². The molecule has 8 aromatic carbocycles. The summed E-state index contributed by atoms with van der Waals surface area (Å²) in [5.41, 5.74) is 14.4. The molecule has 0 saturated heterocycles. The van der Waals surface area contributed by atoms with Crippen LogP contribution in [0.4, 0.5) is 8.78 Å². The predicted octanol–water partition coefficient (Wildman–Crippen LogP) is 14.5. The lowest BCUT2D eigenvalue weighted by Gasteiger charge is -2.17. The molecule has 10 rings (SSSR count). The first kappa shape index (κ1) is 37.7. The minimum absolute atomic E-state index is 0.101. The topological polar surface area (TPSA) is 43.6 Å². The smallest absolute Gasteiger partial charge is 0.166 e. The first-order chi connectivity index (χ1) is 29.7. The molecule has 294 valence electrons. The lowest BCUT2D eigenvalue weighted by atomic mass is 9.97. The number of aryl methyl sites for hydroxylation is 4. The molecule has 0 aliphatic heterocycles. The third kappa shape index (κ3) is 7.06. The average Bonchev–Trinajstić information content (AvgIpc) is 3.59. The van der Waals surface area contributed by atoms with Gasteiger partial charge in [-0.1, -0.05) is 144 Å². The molecular formula is C55H40F2N4. The van der Waals surface area contributed by atoms with Gasteiger partial charge in [-0.3, -0.25) is 0 Å². The first-order valence-electron chi connectivity index (χ1n) is 20.4. The van der Waals surface area contributed by atoms with Gasteiger partial charge in [-0.15, -0.1) is 0 Å². The molecule has 0 atom stereocenters. The van der Waals surface area contributed by atoms with Gasteiger partial charge in [0.1, 0.15) is 11.6 Å². The van der Waals surface area contributed by atoms with Gasteiger partial charge in [-0.2, -0.15) is 0 Å². The molecule has 10 aromatic rings. The standard InChI is InChI=1S/C55H40F2N4/c1-33-24-34(2)27-42(26-33)39-19-22-49-45(30-39)46-31-40(43-28-35(3)25-36(4)29-43)20-23-50(46)61(49)51-32-41(52-47(56)16-11-17-48(52)57)18-21-44(51)55-59-53(37-12-7-5-8-13-37)58-54(60-55)38-14-9-6-10-15-38/h5-32H,1-4H3. The molecule has 0 bridgehead atoms. The molecular weight excluding hydrogens is 755 g/mol. The first-order valence-corrected chi connectivity index (χ1v) is 20.4. The summed E-state index contributed by atoms with van der Waals surface area (Å²) in [5.74, 6) is 0.165. The molecule has 0 N–H and O–H groups in total. The Hall–Kier alpha value is -7.57. The largest absolute Gasteiger partial charge is 0.308 e. The second kappa shape index (κ2) is 15.2. The van der Waals surface area contributed by atoms with Crippen molar-refractivity contribution in [2.24, 2.45) is 0 Å². The highest BCUT2D eigenvalue weighted by Gasteiger charge is 2.23. The van der Waals surface area contributed by atoms with Crippen molar-refractivity contribution >= 4 is 21.8 Å². The Labute approximate surface area is 353 Å². The number of fused-ring (bicyclic) bond motifs is 3. The maximum Gasteiger partial charge on any atom is 0.166 e. The summed E-state index contributed by atoms with van der Waals surface area (Å²) in [6.45, 7) is 8.49. The van der Waals surface area contributed by atoms with Crippen molar-refractivity contribution in [3.8, 4) is 73.2 Å². The molecule has 0 unspecified atom stereocenters. The number of hydrogen-bond donors (Lipinski definition) is 0. The van der Waals surface area contributed by atoms with Gasteiger partial charge >= 0.3 is 0 Å². The molecule has 0 aliphatic carbocycles. The van der Waals surface area contributed by atoms with E-state index in [-0.39, 0.29) is 5.56 Å². The Morgan fingerprint density at radius 3 is 1.28 bits per heavy atom. The maximum atomic E-state index is 15.7. The quantitative estimate of drug-likeness (QED) is 0.161. The summed E-state index contributed by atoms with van der Waals surface area (Å²) in [6, 6.07) is 55.5. The van der Waals surface area contributed by atoms with E-state index >= 15 is 8.78 Å². The monoisotopic (exact) mass is 794 g/mol. The second-order valence-corrected chi connectivity index (χ2v) is 15.9. The molecule has 2 heterocycles. The summed E-state index contributed by atoms with van der Waals surface area (Å²) in [6.07, 6.45) is 0. The highest BCUT2D eigenvalue weighted by Crippen LogP contribution is 2.42. The van der Waals surface area contributed by atoms with E-state index in [2.05, 4.69) is 105 Å². The van der Waals surface area contributed by atoms with E-state index in [4.69, 9.17) is 15.0 Å². The van der Waals surface area contributed by atoms with Crippen LogP contribution in [0.25, 0.3) is 95.0 Å². The minimum atomic E-state index is -0.644. The van der Waals surface area contributed by atoms with Gasteiger partial charge in [0.25, 0.3) is 0 Å². The van der Waals surface area contributed by atoms with E-state index in [1.54, 1.807) is 6.07 Å². The lowest BCUT2D eigenvalue weighted by molar-refractivity contribution is 0.589. The number of halogens is 2. The Bertz CT molecular complexity index is 3090. The summed E-state index contributed by atoms with van der Waals surface area (Å²) in [4.78, 5) is 15.2. The van der Waals surface area contributed by atoms with Crippen molar-refractivity contribution in [3.63, 3.8) is 0 Å². The maximum absolute atomic E-state index is 15.7. The molecule has 0 saturated carbocycles. The van der Waals surface area contributed by atoms with Gasteiger partial charge in [0.15, 0.2) is 17.5 Å². The van der Waals surface area contributed by atoms with Crippen molar-refractivity contribution in [2.45, 2.75) is 27.7 Å². The Kier molecular flexibility index (Phi) is 9.41. The van der Waals surface area contributed by atoms with Gasteiger partial charge in [0, 0.05) is 27.5 Å². The van der Waals surface area contributed by atoms with Crippen molar-refractivity contribution in [1.82, 2.24) is 19.5 Å². The van der Waals surface area contributed by atoms with Crippen LogP contribution in [0.15, 0.2) is 170 Å². The Morgan fingerprint density at radius 2 is 0.803 bits per heavy atom. The highest BCUT2D eigenvalue weighted by atomic mass is 19.1. The van der Waals surface area contributed by atoms with Crippen LogP contribution in [-0.2, 0) is 0 Å². The van der Waals surface area contributed by atoms with Gasteiger partial charge in [-0.25, -0.2) is 23.7 Å². The highest BCUT2D eigenvalue weighted by molar-refractivity contribution is 6.12. The van der Waals surface area contributed by atoms with Crippen LogP contribution in [0, 0.1) is 39.3 Å². The summed E-state index contributed by atoms with van der Waals surface area (Å²) >= 11 is 0. The van der Waals surface area contributed by atoms with E-state index in [1.807, 2.05) is 72.8 Å². The van der Waals surface area contributed by atoms with Crippen LogP contribution in [-0.4, -0.2) is 19.5 Å². The molecule has 61 heavy (non-hydrogen) atoms. The van der Waals surface area contributed by atoms with Crippen molar-refractivity contribution in [3.05, 3.63) is 204 Å². The zero-order chi connectivity index (χ0) is 41.8. The van der Waals surface area contributed by atoms with Gasteiger partial charge in [0.05, 0.1) is 22.3 Å². The average molecular weight is 795 g/mol. The van der Waals surface area contributed by atoms with Crippen LogP contribution < -0.4 is 0 Å². The van der Waals surface area contributed by atoms with Crippen LogP contribution in [0.1, 0.15) is 22.3 Å². The zero-order valence-corrected chi connectivity index (χ0v) is 34.2. The second-order valence-electron chi connectivity index (χ2n) is 15.9. The predicted molar refractivity (Wildman–Crippen MR) is 246 cm³/mol. The Balaban J connectivity index is 1.30. The number of benzene rings is 8. The molecule has 0 spiro atoms. The molecule has 2 aromatic heterocycles. The number of rotatable bonds is 7. The fourth-order valence-corrected chi connectivity index (χ4v) is 8.69. The third-order valence-corrected chi connectivity index (χ3v) is 11.3. The fraction of sp³-hybridized carbons (Fsp3) is 0.0727. The van der Waals surface area contributed by atoms with E-state index < -0.39 is 11.6 Å². The van der Waals surface area contributed by atoms with E-state index in [9.17, 15) is 0 Å². The van der Waals surface area contributed by atoms with Gasteiger partial charge in [0.2, 0.25) is 0 Å². The van der Waals surface area contributed by atoms with Crippen LogP contribution >= 0.6 is 0 Å². The minimum Gasteiger partial charge on any atom is -0.308 e. The molecule has 0 amide bonds. The SMILES string of the molecule is Cc1cc(C)cc(-c2ccc3c(c2)c2cc(-c4cc(C)cc(C)c4)ccc2n3-c2cc(-c3c(F)cccc3F)ccc2-c2nc(-c3ccccc3)nc(-c3ccccc3)n2)c1. The summed E-state index contributed by atoms with van der Waals surface area (Å²) in [5, 5.41) is 2.08. The normalized spacial score (nSPS) is 11.4.